The van der Waals surface area contributed by atoms with Crippen LogP contribution in [-0.4, -0.2) is 9.55 Å². The first kappa shape index (κ1) is 34.9. The summed E-state index contributed by atoms with van der Waals surface area (Å²) < 4.78 is 2.41. The molecule has 0 unspecified atom stereocenters. The zero-order valence-electron chi connectivity index (χ0n) is 33.6. The first-order valence-electron chi connectivity index (χ1n) is 20.1. The van der Waals surface area contributed by atoms with E-state index in [1.165, 1.54) is 71.1 Å². The second kappa shape index (κ2) is 13.0. The minimum atomic E-state index is 0.0455. The second-order valence-corrected chi connectivity index (χ2v) is 17.7. The number of imidazole rings is 1. The molecule has 2 nitrogen and oxygen atoms in total. The summed E-state index contributed by atoms with van der Waals surface area (Å²) in [6.45, 7) is 13.6. The monoisotopic (exact) mass is 734 g/mol. The van der Waals surface area contributed by atoms with Gasteiger partial charge in [-0.05, 0) is 101 Å². The highest BCUT2D eigenvalue weighted by molar-refractivity contribution is 6.25. The van der Waals surface area contributed by atoms with Crippen LogP contribution in [-0.2, 0) is 10.8 Å². The minimum absolute atomic E-state index is 0.0455. The van der Waals surface area contributed by atoms with Crippen LogP contribution < -0.4 is 0 Å². The molecule has 0 atom stereocenters. The highest BCUT2D eigenvalue weighted by atomic mass is 15.1. The molecule has 0 fully saturated rings. The number of fused-ring (bicyclic) bond motifs is 8. The van der Waals surface area contributed by atoms with Gasteiger partial charge in [0.25, 0.3) is 0 Å². The fourth-order valence-electron chi connectivity index (χ4n) is 8.77. The predicted octanol–water partition coefficient (Wildman–Crippen LogP) is 15.2. The number of benzene rings is 9. The van der Waals surface area contributed by atoms with Crippen LogP contribution in [0.1, 0.15) is 52.7 Å². The maximum absolute atomic E-state index is 5.64. The van der Waals surface area contributed by atoms with Gasteiger partial charge in [-0.2, -0.15) is 0 Å². The van der Waals surface area contributed by atoms with Crippen molar-refractivity contribution >= 4 is 54.1 Å². The van der Waals surface area contributed by atoms with E-state index in [2.05, 4.69) is 216 Å². The van der Waals surface area contributed by atoms with Gasteiger partial charge in [0, 0.05) is 22.0 Å². The molecule has 0 bridgehead atoms. The average Bonchev–Trinajstić information content (AvgIpc) is 3.63. The van der Waals surface area contributed by atoms with Gasteiger partial charge >= 0.3 is 0 Å². The van der Waals surface area contributed by atoms with Crippen molar-refractivity contribution in [1.82, 2.24) is 9.55 Å². The zero-order chi connectivity index (χ0) is 39.1. The second-order valence-electron chi connectivity index (χ2n) is 17.7. The van der Waals surface area contributed by atoms with Gasteiger partial charge in [-0.25, -0.2) is 4.98 Å². The third-order valence-corrected chi connectivity index (χ3v) is 11.9. The molecule has 0 aliphatic carbocycles. The standard InChI is InChI=1S/C55H46N2/c1-54(2,3)40-25-21-37(22-26-40)53-56-51-47-31-23-38(45-19-11-15-35-13-7-9-17-43(35)45)33-49(47)50-34-39(46-20-12-16-36-14-8-10-18-44(36)46)24-32-48(50)52(51)57(53)42-29-27-41(28-30-42)55(4,5)6/h7-34H,1-6H3. The van der Waals surface area contributed by atoms with Crippen molar-refractivity contribution in [2.75, 3.05) is 0 Å². The van der Waals surface area contributed by atoms with Crippen LogP contribution in [0.3, 0.4) is 0 Å². The zero-order valence-corrected chi connectivity index (χ0v) is 33.6. The molecule has 0 radical (unpaired) electrons. The molecule has 10 aromatic rings. The summed E-state index contributed by atoms with van der Waals surface area (Å²) in [6, 6.07) is 62.9. The molecule has 0 amide bonds. The Labute approximate surface area is 335 Å². The van der Waals surface area contributed by atoms with Crippen molar-refractivity contribution < 1.29 is 0 Å². The van der Waals surface area contributed by atoms with Gasteiger partial charge in [0.05, 0.1) is 11.0 Å². The van der Waals surface area contributed by atoms with Crippen LogP contribution >= 0.6 is 0 Å². The van der Waals surface area contributed by atoms with Crippen molar-refractivity contribution in [3.05, 3.63) is 181 Å². The van der Waals surface area contributed by atoms with Crippen LogP contribution in [0, 0.1) is 0 Å². The van der Waals surface area contributed by atoms with Crippen LogP contribution in [0.15, 0.2) is 170 Å². The van der Waals surface area contributed by atoms with E-state index < -0.39 is 0 Å². The van der Waals surface area contributed by atoms with E-state index in [0.717, 1.165) is 33.5 Å². The summed E-state index contributed by atoms with van der Waals surface area (Å²) in [5, 5.41) is 9.74. The maximum atomic E-state index is 5.64. The lowest BCUT2D eigenvalue weighted by Crippen LogP contribution is -2.11. The molecule has 57 heavy (non-hydrogen) atoms. The smallest absolute Gasteiger partial charge is 0.145 e. The Hall–Kier alpha value is -6.51. The molecular formula is C55H46N2. The SMILES string of the molecule is CC(C)(C)c1ccc(-c2nc3c4ccc(-c5cccc6ccccc56)cc4c4cc(-c5cccc6ccccc56)ccc4c3n2-c2ccc(C(C)(C)C)cc2)cc1. The number of hydrogen-bond donors (Lipinski definition) is 0. The summed E-state index contributed by atoms with van der Waals surface area (Å²) in [5.41, 5.74) is 11.9. The van der Waals surface area contributed by atoms with E-state index in [-0.39, 0.29) is 10.8 Å². The number of nitrogens with zero attached hydrogens (tertiary/aromatic N) is 2. The summed E-state index contributed by atoms with van der Waals surface area (Å²) in [4.78, 5) is 5.64. The van der Waals surface area contributed by atoms with Gasteiger partial charge in [-0.3, -0.25) is 4.57 Å². The lowest BCUT2D eigenvalue weighted by Gasteiger charge is -2.20. The Bertz CT molecular complexity index is 3160. The average molecular weight is 735 g/mol. The van der Waals surface area contributed by atoms with Gasteiger partial charge in [-0.1, -0.05) is 187 Å². The molecule has 0 spiro atoms. The Morgan fingerprint density at radius 1 is 0.386 bits per heavy atom. The van der Waals surface area contributed by atoms with E-state index in [1.54, 1.807) is 0 Å². The summed E-state index contributed by atoms with van der Waals surface area (Å²) in [5.74, 6) is 0.944. The molecule has 0 aliphatic rings. The normalized spacial score (nSPS) is 12.4. The molecule has 0 saturated carbocycles. The Morgan fingerprint density at radius 3 is 1.39 bits per heavy atom. The van der Waals surface area contributed by atoms with Crippen molar-refractivity contribution in [2.45, 2.75) is 52.4 Å². The van der Waals surface area contributed by atoms with Crippen molar-refractivity contribution in [1.29, 1.82) is 0 Å². The van der Waals surface area contributed by atoms with E-state index >= 15 is 0 Å². The van der Waals surface area contributed by atoms with Gasteiger partial charge < -0.3 is 0 Å². The summed E-state index contributed by atoms with van der Waals surface area (Å²) >= 11 is 0. The van der Waals surface area contributed by atoms with Crippen LogP contribution in [0.4, 0.5) is 0 Å². The molecule has 276 valence electrons. The van der Waals surface area contributed by atoms with Gasteiger partial charge in [0.1, 0.15) is 5.82 Å². The van der Waals surface area contributed by atoms with Crippen LogP contribution in [0.2, 0.25) is 0 Å². The van der Waals surface area contributed by atoms with Gasteiger partial charge in [0.15, 0.2) is 0 Å². The third-order valence-electron chi connectivity index (χ3n) is 11.9. The van der Waals surface area contributed by atoms with Crippen molar-refractivity contribution in [2.24, 2.45) is 0 Å². The van der Waals surface area contributed by atoms with Crippen molar-refractivity contribution in [3.8, 4) is 39.3 Å². The molecule has 1 aromatic heterocycles. The topological polar surface area (TPSA) is 17.8 Å². The molecule has 1 heterocycles. The third kappa shape index (κ3) is 5.90. The van der Waals surface area contributed by atoms with E-state index in [9.17, 15) is 0 Å². The number of aromatic nitrogens is 2. The highest BCUT2D eigenvalue weighted by Crippen LogP contribution is 2.43. The van der Waals surface area contributed by atoms with Gasteiger partial charge in [0.2, 0.25) is 0 Å². The molecular weight excluding hydrogens is 689 g/mol. The molecule has 0 aliphatic heterocycles. The summed E-state index contributed by atoms with van der Waals surface area (Å²) in [6.07, 6.45) is 0. The first-order chi connectivity index (χ1) is 27.5. The molecule has 9 aromatic carbocycles. The van der Waals surface area contributed by atoms with E-state index in [4.69, 9.17) is 4.98 Å². The predicted molar refractivity (Wildman–Crippen MR) is 245 cm³/mol. The minimum Gasteiger partial charge on any atom is -0.292 e. The lowest BCUT2D eigenvalue weighted by molar-refractivity contribution is 0.590. The van der Waals surface area contributed by atoms with E-state index in [0.29, 0.717) is 0 Å². The Morgan fingerprint density at radius 2 is 0.842 bits per heavy atom. The summed E-state index contributed by atoms with van der Waals surface area (Å²) in [7, 11) is 0. The Kier molecular flexibility index (Phi) is 7.99. The fraction of sp³-hybridized carbons (Fsp3) is 0.145. The molecule has 2 heteroatoms. The largest absolute Gasteiger partial charge is 0.292 e. The fourth-order valence-corrected chi connectivity index (χ4v) is 8.77. The van der Waals surface area contributed by atoms with Crippen LogP contribution in [0.5, 0.6) is 0 Å². The molecule has 0 N–H and O–H groups in total. The lowest BCUT2D eigenvalue weighted by atomic mass is 9.86. The number of hydrogen-bond acceptors (Lipinski definition) is 1. The number of rotatable bonds is 4. The highest BCUT2D eigenvalue weighted by Gasteiger charge is 2.23. The first-order valence-corrected chi connectivity index (χ1v) is 20.1. The van der Waals surface area contributed by atoms with E-state index in [1.807, 2.05) is 0 Å². The van der Waals surface area contributed by atoms with Crippen molar-refractivity contribution in [3.63, 3.8) is 0 Å². The maximum Gasteiger partial charge on any atom is 0.145 e. The Balaban J connectivity index is 1.32. The molecule has 10 rings (SSSR count). The van der Waals surface area contributed by atoms with Gasteiger partial charge in [-0.15, -0.1) is 0 Å². The van der Waals surface area contributed by atoms with Crippen LogP contribution in [0.25, 0.3) is 93.5 Å². The molecule has 0 saturated heterocycles. The quantitative estimate of drug-likeness (QED) is 0.165.